The van der Waals surface area contributed by atoms with Crippen LogP contribution < -0.4 is 0 Å². The summed E-state index contributed by atoms with van der Waals surface area (Å²) < 4.78 is 41.1. The Morgan fingerprint density at radius 2 is 1.89 bits per heavy atom. The Balaban J connectivity index is 3.04. The molecule has 0 unspecified atom stereocenters. The summed E-state index contributed by atoms with van der Waals surface area (Å²) in [4.78, 5) is 11.2. The van der Waals surface area contributed by atoms with Crippen molar-refractivity contribution in [2.75, 3.05) is 6.61 Å². The van der Waals surface area contributed by atoms with Gasteiger partial charge in [0.1, 0.15) is 5.82 Å². The van der Waals surface area contributed by atoms with Crippen molar-refractivity contribution in [2.45, 2.75) is 18.7 Å². The van der Waals surface area contributed by atoms with Crippen LogP contribution >= 0.6 is 0 Å². The third kappa shape index (κ3) is 3.66. The van der Waals surface area contributed by atoms with Gasteiger partial charge in [0, 0.05) is 11.0 Å². The fraction of sp³-hybridized carbons (Fsp3) is 0.250. The van der Waals surface area contributed by atoms with Crippen LogP contribution in [0.5, 0.6) is 0 Å². The largest absolute Gasteiger partial charge is 0.463 e. The van der Waals surface area contributed by atoms with E-state index in [0.717, 1.165) is 29.7 Å². The maximum Gasteiger partial charge on any atom is 0.334 e. The topological polar surface area (TPSA) is 60.4 Å². The highest BCUT2D eigenvalue weighted by atomic mass is 32.2. The Labute approximate surface area is 105 Å². The molecule has 0 amide bonds. The van der Waals surface area contributed by atoms with Crippen molar-refractivity contribution in [3.05, 3.63) is 41.1 Å². The highest BCUT2D eigenvalue weighted by Crippen LogP contribution is 2.15. The molecular formula is C12H13FO4S. The summed E-state index contributed by atoms with van der Waals surface area (Å²) >= 11 is 0. The summed E-state index contributed by atoms with van der Waals surface area (Å²) in [6, 6.07) is 4.36. The number of ether oxygens (including phenoxy) is 1. The highest BCUT2D eigenvalue weighted by molar-refractivity contribution is 7.94. The van der Waals surface area contributed by atoms with Crippen molar-refractivity contribution < 1.29 is 22.3 Å². The molecule has 6 heteroatoms. The number of carbonyl (C=O) groups excluding carboxylic acids is 1. The van der Waals surface area contributed by atoms with Gasteiger partial charge in [0.05, 0.1) is 11.5 Å². The molecule has 0 aliphatic rings. The van der Waals surface area contributed by atoms with Gasteiger partial charge in [-0.2, -0.15) is 0 Å². The lowest BCUT2D eigenvalue weighted by Gasteiger charge is -2.03. The number of benzene rings is 1. The van der Waals surface area contributed by atoms with Gasteiger partial charge in [0.2, 0.25) is 0 Å². The van der Waals surface area contributed by atoms with Gasteiger partial charge in [-0.1, -0.05) is 0 Å². The molecule has 18 heavy (non-hydrogen) atoms. The first-order valence-corrected chi connectivity index (χ1v) is 6.77. The normalized spacial score (nSPS) is 12.3. The number of carbonyl (C=O) groups is 1. The van der Waals surface area contributed by atoms with Gasteiger partial charge < -0.3 is 4.74 Å². The molecular weight excluding hydrogens is 259 g/mol. The quantitative estimate of drug-likeness (QED) is 0.478. The highest BCUT2D eigenvalue weighted by Gasteiger charge is 2.15. The van der Waals surface area contributed by atoms with Crippen molar-refractivity contribution in [1.29, 1.82) is 0 Å². The number of halogens is 1. The van der Waals surface area contributed by atoms with Crippen LogP contribution in [0.25, 0.3) is 0 Å². The van der Waals surface area contributed by atoms with Crippen molar-refractivity contribution in [1.82, 2.24) is 0 Å². The summed E-state index contributed by atoms with van der Waals surface area (Å²) in [7, 11) is -3.77. The van der Waals surface area contributed by atoms with E-state index in [1.54, 1.807) is 6.92 Å². The van der Waals surface area contributed by atoms with Gasteiger partial charge in [-0.05, 0) is 38.1 Å². The molecule has 0 bridgehead atoms. The number of sulfone groups is 1. The minimum Gasteiger partial charge on any atom is -0.463 e. The second-order valence-electron chi connectivity index (χ2n) is 3.52. The molecule has 1 aromatic carbocycles. The molecule has 0 radical (unpaired) electrons. The van der Waals surface area contributed by atoms with Crippen LogP contribution in [-0.2, 0) is 19.4 Å². The van der Waals surface area contributed by atoms with E-state index >= 15 is 0 Å². The Morgan fingerprint density at radius 3 is 2.39 bits per heavy atom. The van der Waals surface area contributed by atoms with Crippen molar-refractivity contribution in [3.63, 3.8) is 0 Å². The van der Waals surface area contributed by atoms with Crippen LogP contribution in [0.1, 0.15) is 13.8 Å². The second kappa shape index (κ2) is 5.77. The van der Waals surface area contributed by atoms with Crippen molar-refractivity contribution in [3.8, 4) is 0 Å². The average molecular weight is 272 g/mol. The standard InChI is InChI=1S/C12H13FO4S/c1-3-17-12(14)9(2)8-18(15,16)11-6-4-10(13)5-7-11/h4-8H,3H2,1-2H3/b9-8+. The Kier molecular flexibility index (Phi) is 4.61. The van der Waals surface area contributed by atoms with E-state index in [1.807, 2.05) is 0 Å². The van der Waals surface area contributed by atoms with Crippen molar-refractivity contribution >= 4 is 15.8 Å². The first-order valence-electron chi connectivity index (χ1n) is 5.23. The molecule has 0 saturated heterocycles. The number of esters is 1. The van der Waals surface area contributed by atoms with E-state index in [2.05, 4.69) is 4.74 Å². The molecule has 0 aliphatic heterocycles. The minimum atomic E-state index is -3.77. The van der Waals surface area contributed by atoms with Crippen LogP contribution in [0.3, 0.4) is 0 Å². The van der Waals surface area contributed by atoms with Gasteiger partial charge in [-0.3, -0.25) is 0 Å². The Morgan fingerprint density at radius 1 is 1.33 bits per heavy atom. The lowest BCUT2D eigenvalue weighted by Crippen LogP contribution is -2.07. The van der Waals surface area contributed by atoms with Crippen LogP contribution in [-0.4, -0.2) is 21.0 Å². The van der Waals surface area contributed by atoms with Crippen LogP contribution in [0, 0.1) is 5.82 Å². The van der Waals surface area contributed by atoms with E-state index in [9.17, 15) is 17.6 Å². The maximum absolute atomic E-state index is 12.7. The SMILES string of the molecule is CCOC(=O)/C(C)=C/S(=O)(=O)c1ccc(F)cc1. The van der Waals surface area contributed by atoms with E-state index in [-0.39, 0.29) is 17.1 Å². The molecule has 0 heterocycles. The number of hydrogen-bond acceptors (Lipinski definition) is 4. The summed E-state index contributed by atoms with van der Waals surface area (Å²) in [5, 5.41) is 0.818. The lowest BCUT2D eigenvalue weighted by atomic mass is 10.3. The van der Waals surface area contributed by atoms with Gasteiger partial charge >= 0.3 is 5.97 Å². The van der Waals surface area contributed by atoms with E-state index < -0.39 is 21.6 Å². The average Bonchev–Trinajstić information content (AvgIpc) is 2.29. The molecule has 0 spiro atoms. The molecule has 0 aromatic heterocycles. The molecule has 0 saturated carbocycles. The first-order chi connectivity index (χ1) is 8.36. The molecule has 1 rings (SSSR count). The second-order valence-corrected chi connectivity index (χ2v) is 5.32. The Bertz CT molecular complexity index is 558. The van der Waals surface area contributed by atoms with Gasteiger partial charge in [-0.15, -0.1) is 0 Å². The predicted molar refractivity (Wildman–Crippen MR) is 64.0 cm³/mol. The molecule has 1 aromatic rings. The fourth-order valence-electron chi connectivity index (χ4n) is 1.22. The van der Waals surface area contributed by atoms with E-state index in [0.29, 0.717) is 0 Å². The fourth-order valence-corrected chi connectivity index (χ4v) is 2.43. The summed E-state index contributed by atoms with van der Waals surface area (Å²) in [5.41, 5.74) is -0.0267. The van der Waals surface area contributed by atoms with Crippen LogP contribution in [0.2, 0.25) is 0 Å². The maximum atomic E-state index is 12.7. The van der Waals surface area contributed by atoms with E-state index in [4.69, 9.17) is 0 Å². The zero-order valence-corrected chi connectivity index (χ0v) is 10.8. The summed E-state index contributed by atoms with van der Waals surface area (Å²) in [6.07, 6.45) is 0. The molecule has 0 aliphatic carbocycles. The van der Waals surface area contributed by atoms with Crippen LogP contribution in [0.15, 0.2) is 40.1 Å². The molecule has 98 valence electrons. The van der Waals surface area contributed by atoms with Gasteiger partial charge in [0.25, 0.3) is 0 Å². The molecule has 4 nitrogen and oxygen atoms in total. The number of rotatable bonds is 4. The lowest BCUT2D eigenvalue weighted by molar-refractivity contribution is -0.138. The molecule has 0 N–H and O–H groups in total. The number of hydrogen-bond donors (Lipinski definition) is 0. The predicted octanol–water partition coefficient (Wildman–Crippen LogP) is 2.07. The first kappa shape index (κ1) is 14.4. The Hall–Kier alpha value is -1.69. The zero-order chi connectivity index (χ0) is 13.8. The van der Waals surface area contributed by atoms with Gasteiger partial charge in [0.15, 0.2) is 9.84 Å². The molecule has 0 atom stereocenters. The van der Waals surface area contributed by atoms with E-state index in [1.165, 1.54) is 6.92 Å². The summed E-state index contributed by atoms with van der Waals surface area (Å²) in [5.74, 6) is -1.22. The minimum absolute atomic E-state index is 0.0267. The van der Waals surface area contributed by atoms with Gasteiger partial charge in [-0.25, -0.2) is 17.6 Å². The zero-order valence-electron chi connectivity index (χ0n) is 10.0. The third-order valence-electron chi connectivity index (χ3n) is 2.07. The van der Waals surface area contributed by atoms with Crippen LogP contribution in [0.4, 0.5) is 4.39 Å². The molecule has 0 fully saturated rings. The monoisotopic (exact) mass is 272 g/mol. The summed E-state index contributed by atoms with van der Waals surface area (Å²) in [6.45, 7) is 3.14. The smallest absolute Gasteiger partial charge is 0.334 e. The third-order valence-corrected chi connectivity index (χ3v) is 3.66. The van der Waals surface area contributed by atoms with Crippen molar-refractivity contribution in [2.24, 2.45) is 0 Å².